The van der Waals surface area contributed by atoms with Crippen molar-refractivity contribution in [2.24, 2.45) is 5.92 Å². The van der Waals surface area contributed by atoms with E-state index in [-0.39, 0.29) is 17.9 Å². The second-order valence-corrected chi connectivity index (χ2v) is 8.55. The molecule has 5 heteroatoms. The van der Waals surface area contributed by atoms with Gasteiger partial charge in [0.15, 0.2) is 0 Å². The van der Waals surface area contributed by atoms with E-state index in [4.69, 9.17) is 4.74 Å². The van der Waals surface area contributed by atoms with E-state index in [1.165, 1.54) is 11.3 Å². The van der Waals surface area contributed by atoms with Gasteiger partial charge in [0.2, 0.25) is 5.91 Å². The van der Waals surface area contributed by atoms with Gasteiger partial charge in [-0.3, -0.25) is 4.79 Å². The number of piperazine rings is 1. The maximum Gasteiger partial charge on any atom is 0.225 e. The number of amides is 1. The van der Waals surface area contributed by atoms with Crippen LogP contribution in [0.3, 0.4) is 0 Å². The minimum absolute atomic E-state index is 0.0954. The van der Waals surface area contributed by atoms with Gasteiger partial charge in [0.25, 0.3) is 0 Å². The van der Waals surface area contributed by atoms with E-state index in [9.17, 15) is 4.79 Å². The van der Waals surface area contributed by atoms with Gasteiger partial charge < -0.3 is 19.9 Å². The quantitative estimate of drug-likeness (QED) is 0.671. The Bertz CT molecular complexity index is 1090. The van der Waals surface area contributed by atoms with Crippen molar-refractivity contribution in [2.75, 3.05) is 36.5 Å². The minimum Gasteiger partial charge on any atom is -0.497 e. The Morgan fingerprint density at radius 2 is 1.81 bits per heavy atom. The Kier molecular flexibility index (Phi) is 5.71. The van der Waals surface area contributed by atoms with E-state index in [2.05, 4.69) is 51.5 Å². The van der Waals surface area contributed by atoms with E-state index in [0.29, 0.717) is 6.54 Å². The molecule has 0 bridgehead atoms. The maximum atomic E-state index is 13.4. The predicted octanol–water partition coefficient (Wildman–Crippen LogP) is 3.88. The number of hydrogen-bond donors (Lipinski definition) is 1. The fraction of sp³-hybridized carbons (Fsp3) is 0.296. The molecule has 164 valence electrons. The molecule has 2 unspecified atom stereocenters. The largest absolute Gasteiger partial charge is 0.497 e. The smallest absolute Gasteiger partial charge is 0.225 e. The molecule has 32 heavy (non-hydrogen) atoms. The fourth-order valence-electron chi connectivity index (χ4n) is 5.02. The highest BCUT2D eigenvalue weighted by Crippen LogP contribution is 2.37. The summed E-state index contributed by atoms with van der Waals surface area (Å²) in [6.45, 7) is 3.17. The highest BCUT2D eigenvalue weighted by atomic mass is 16.5. The zero-order valence-electron chi connectivity index (χ0n) is 18.4. The number of carbonyl (C=O) groups excluding carboxylic acids is 1. The molecule has 0 saturated carbocycles. The first-order chi connectivity index (χ1) is 15.7. The first-order valence-corrected chi connectivity index (χ1v) is 11.3. The van der Waals surface area contributed by atoms with Gasteiger partial charge in [-0.1, -0.05) is 54.6 Å². The summed E-state index contributed by atoms with van der Waals surface area (Å²) < 4.78 is 5.43. The molecule has 1 amide bonds. The molecule has 2 heterocycles. The Balaban J connectivity index is 1.40. The lowest BCUT2D eigenvalue weighted by molar-refractivity contribution is -0.126. The van der Waals surface area contributed by atoms with Gasteiger partial charge in [0.1, 0.15) is 5.75 Å². The summed E-state index contributed by atoms with van der Waals surface area (Å²) in [6, 6.07) is 27.0. The van der Waals surface area contributed by atoms with Gasteiger partial charge in [-0.05, 0) is 35.7 Å². The SMILES string of the molecule is COc1cccc(N2CCN3c4ccccc4CC(C(=O)NCc4ccccc4)C3C2)c1. The third kappa shape index (κ3) is 4.03. The molecule has 2 atom stereocenters. The van der Waals surface area contributed by atoms with Gasteiger partial charge in [0, 0.05) is 43.6 Å². The zero-order valence-corrected chi connectivity index (χ0v) is 18.4. The number of ether oxygens (including phenoxy) is 1. The van der Waals surface area contributed by atoms with Crippen LogP contribution in [0.25, 0.3) is 0 Å². The number of anilines is 2. The standard InChI is InChI=1S/C27H29N3O2/c1-32-23-12-7-11-22(17-23)29-14-15-30-25-13-6-5-10-21(25)16-24(26(30)19-29)27(31)28-18-20-8-3-2-4-9-20/h2-13,17,24,26H,14-16,18-19H2,1H3,(H,28,31). The van der Waals surface area contributed by atoms with E-state index >= 15 is 0 Å². The van der Waals surface area contributed by atoms with Crippen molar-refractivity contribution in [3.05, 3.63) is 90.0 Å². The summed E-state index contributed by atoms with van der Waals surface area (Å²) in [5.74, 6) is 0.893. The summed E-state index contributed by atoms with van der Waals surface area (Å²) in [4.78, 5) is 18.2. The summed E-state index contributed by atoms with van der Waals surface area (Å²) in [6.07, 6.45) is 0.768. The Morgan fingerprint density at radius 1 is 1.00 bits per heavy atom. The van der Waals surface area contributed by atoms with Crippen LogP contribution in [0.1, 0.15) is 11.1 Å². The van der Waals surface area contributed by atoms with Gasteiger partial charge in [-0.2, -0.15) is 0 Å². The molecule has 0 aromatic heterocycles. The van der Waals surface area contributed by atoms with Crippen LogP contribution in [0.2, 0.25) is 0 Å². The molecule has 3 aromatic rings. The molecule has 1 N–H and O–H groups in total. The second kappa shape index (κ2) is 8.95. The Labute approximate surface area is 189 Å². The van der Waals surface area contributed by atoms with Crippen molar-refractivity contribution in [2.45, 2.75) is 19.0 Å². The molecule has 3 aromatic carbocycles. The van der Waals surface area contributed by atoms with E-state index in [1.54, 1.807) is 7.11 Å². The predicted molar refractivity (Wildman–Crippen MR) is 128 cm³/mol. The third-order valence-electron chi connectivity index (χ3n) is 6.69. The molecule has 2 aliphatic rings. The van der Waals surface area contributed by atoms with Crippen LogP contribution in [0, 0.1) is 5.92 Å². The van der Waals surface area contributed by atoms with Gasteiger partial charge in [0.05, 0.1) is 19.1 Å². The number of rotatable bonds is 5. The normalized spacial score (nSPS) is 19.7. The van der Waals surface area contributed by atoms with E-state index in [0.717, 1.165) is 43.1 Å². The fourth-order valence-corrected chi connectivity index (χ4v) is 5.02. The number of fused-ring (bicyclic) bond motifs is 3. The summed E-state index contributed by atoms with van der Waals surface area (Å²) in [7, 11) is 1.70. The van der Waals surface area contributed by atoms with Crippen molar-refractivity contribution < 1.29 is 9.53 Å². The molecule has 0 aliphatic carbocycles. The van der Waals surface area contributed by atoms with Gasteiger partial charge in [-0.15, -0.1) is 0 Å². The monoisotopic (exact) mass is 427 g/mol. The molecule has 0 spiro atoms. The van der Waals surface area contributed by atoms with Crippen LogP contribution in [-0.2, 0) is 17.8 Å². The first kappa shape index (κ1) is 20.4. The third-order valence-corrected chi connectivity index (χ3v) is 6.69. The molecule has 1 fully saturated rings. The molecule has 5 rings (SSSR count). The second-order valence-electron chi connectivity index (χ2n) is 8.55. The van der Waals surface area contributed by atoms with E-state index < -0.39 is 0 Å². The molecular weight excluding hydrogens is 398 g/mol. The lowest BCUT2D eigenvalue weighted by Crippen LogP contribution is -2.61. The molecule has 0 radical (unpaired) electrons. The lowest BCUT2D eigenvalue weighted by atomic mass is 9.83. The minimum atomic E-state index is -0.0954. The Morgan fingerprint density at radius 3 is 2.66 bits per heavy atom. The number of carbonyl (C=O) groups is 1. The lowest BCUT2D eigenvalue weighted by Gasteiger charge is -2.49. The number of methoxy groups -OCH3 is 1. The average molecular weight is 428 g/mol. The van der Waals surface area contributed by atoms with Crippen molar-refractivity contribution in [3.63, 3.8) is 0 Å². The molecular formula is C27H29N3O2. The van der Waals surface area contributed by atoms with Crippen molar-refractivity contribution in [1.82, 2.24) is 5.32 Å². The first-order valence-electron chi connectivity index (χ1n) is 11.3. The highest BCUT2D eigenvalue weighted by Gasteiger charge is 2.41. The van der Waals surface area contributed by atoms with Crippen LogP contribution in [0.4, 0.5) is 11.4 Å². The van der Waals surface area contributed by atoms with Crippen LogP contribution in [0.15, 0.2) is 78.9 Å². The van der Waals surface area contributed by atoms with Crippen molar-refractivity contribution in [3.8, 4) is 5.75 Å². The van der Waals surface area contributed by atoms with Crippen LogP contribution >= 0.6 is 0 Å². The number of hydrogen-bond acceptors (Lipinski definition) is 4. The molecule has 1 saturated heterocycles. The van der Waals surface area contributed by atoms with E-state index in [1.807, 2.05) is 42.5 Å². The summed E-state index contributed by atoms with van der Waals surface area (Å²) in [5.41, 5.74) is 4.80. The molecule has 2 aliphatic heterocycles. The summed E-state index contributed by atoms with van der Waals surface area (Å²) >= 11 is 0. The molecule has 5 nitrogen and oxygen atoms in total. The highest BCUT2D eigenvalue weighted by molar-refractivity contribution is 5.82. The topological polar surface area (TPSA) is 44.8 Å². The number of benzene rings is 3. The van der Waals surface area contributed by atoms with Gasteiger partial charge >= 0.3 is 0 Å². The van der Waals surface area contributed by atoms with Gasteiger partial charge in [-0.25, -0.2) is 0 Å². The number of nitrogens with zero attached hydrogens (tertiary/aromatic N) is 2. The maximum absolute atomic E-state index is 13.4. The van der Waals surface area contributed by atoms with Crippen LogP contribution < -0.4 is 19.9 Å². The number of nitrogens with one attached hydrogen (secondary N) is 1. The van der Waals surface area contributed by atoms with Crippen molar-refractivity contribution in [1.29, 1.82) is 0 Å². The Hall–Kier alpha value is -3.47. The summed E-state index contributed by atoms with van der Waals surface area (Å²) in [5, 5.41) is 3.20. The van der Waals surface area contributed by atoms with Crippen molar-refractivity contribution >= 4 is 17.3 Å². The zero-order chi connectivity index (χ0) is 21.9. The van der Waals surface area contributed by atoms with Crippen LogP contribution in [0.5, 0.6) is 5.75 Å². The van der Waals surface area contributed by atoms with Crippen LogP contribution in [-0.4, -0.2) is 38.7 Å². The number of para-hydroxylation sites is 1. The average Bonchev–Trinajstić information content (AvgIpc) is 2.87.